The van der Waals surface area contributed by atoms with Crippen LogP contribution in [0.5, 0.6) is 0 Å². The molecule has 1 aromatic carbocycles. The third-order valence-electron chi connectivity index (χ3n) is 2.75. The maximum atomic E-state index is 11.7. The zero-order valence-corrected chi connectivity index (χ0v) is 11.4. The zero-order chi connectivity index (χ0) is 14.2. The molecule has 0 aliphatic rings. The molecule has 102 valence electrons. The van der Waals surface area contributed by atoms with E-state index in [-0.39, 0.29) is 28.8 Å². The molecular weight excluding hydrogens is 268 g/mol. The monoisotopic (exact) mass is 282 g/mol. The number of anilines is 1. The second kappa shape index (κ2) is 4.54. The standard InChI is InChI=1S/C11H14N4O3S/c1-13-9(16)6-15-7-4-3-5-8(19(2,17)18)10(7)14-11(15)12/h3-5H,6H2,1-2H3,(H2,12,14)(H,13,16). The summed E-state index contributed by atoms with van der Waals surface area (Å²) in [5, 5.41) is 2.48. The molecule has 0 radical (unpaired) electrons. The van der Waals surface area contributed by atoms with E-state index in [1.165, 1.54) is 17.7 Å². The van der Waals surface area contributed by atoms with Crippen LogP contribution in [0.15, 0.2) is 23.1 Å². The second-order valence-corrected chi connectivity index (χ2v) is 6.11. The first-order valence-corrected chi connectivity index (χ1v) is 7.39. The van der Waals surface area contributed by atoms with Crippen LogP contribution in [0.2, 0.25) is 0 Å². The van der Waals surface area contributed by atoms with Crippen LogP contribution in [-0.2, 0) is 21.2 Å². The summed E-state index contributed by atoms with van der Waals surface area (Å²) in [6.45, 7) is -0.00789. The molecule has 1 aromatic heterocycles. The lowest BCUT2D eigenvalue weighted by atomic mass is 10.3. The Morgan fingerprint density at radius 2 is 2.16 bits per heavy atom. The molecule has 0 aliphatic heterocycles. The maximum absolute atomic E-state index is 11.7. The lowest BCUT2D eigenvalue weighted by Gasteiger charge is -2.05. The molecule has 2 aromatic rings. The fraction of sp³-hybridized carbons (Fsp3) is 0.273. The SMILES string of the molecule is CNC(=O)Cn1c(N)nc2c(S(C)(=O)=O)cccc21. The number of carbonyl (C=O) groups excluding carboxylic acids is 1. The Balaban J connectivity index is 2.69. The number of fused-ring (bicyclic) bond motifs is 1. The molecule has 0 spiro atoms. The second-order valence-electron chi connectivity index (χ2n) is 4.13. The highest BCUT2D eigenvalue weighted by Gasteiger charge is 2.18. The van der Waals surface area contributed by atoms with Gasteiger partial charge in [-0.1, -0.05) is 6.07 Å². The first kappa shape index (κ1) is 13.3. The minimum Gasteiger partial charge on any atom is -0.369 e. The summed E-state index contributed by atoms with van der Waals surface area (Å²) >= 11 is 0. The van der Waals surface area contributed by atoms with Gasteiger partial charge in [-0.25, -0.2) is 13.4 Å². The number of rotatable bonds is 3. The molecule has 7 nitrogen and oxygen atoms in total. The number of imidazole rings is 1. The van der Waals surface area contributed by atoms with Crippen molar-refractivity contribution in [2.24, 2.45) is 0 Å². The van der Waals surface area contributed by atoms with Crippen molar-refractivity contribution in [3.63, 3.8) is 0 Å². The molecular formula is C11H14N4O3S. The van der Waals surface area contributed by atoms with Crippen molar-refractivity contribution in [2.45, 2.75) is 11.4 Å². The number of hydrogen-bond donors (Lipinski definition) is 2. The predicted octanol–water partition coefficient (Wildman–Crippen LogP) is -0.232. The largest absolute Gasteiger partial charge is 0.369 e. The Bertz CT molecular complexity index is 749. The van der Waals surface area contributed by atoms with E-state index in [2.05, 4.69) is 10.3 Å². The number of para-hydroxylation sites is 1. The molecule has 3 N–H and O–H groups in total. The molecule has 0 bridgehead atoms. The van der Waals surface area contributed by atoms with E-state index in [4.69, 9.17) is 5.73 Å². The van der Waals surface area contributed by atoms with Crippen LogP contribution in [0.3, 0.4) is 0 Å². The Morgan fingerprint density at radius 1 is 1.47 bits per heavy atom. The first-order chi connectivity index (χ1) is 8.84. The van der Waals surface area contributed by atoms with E-state index in [9.17, 15) is 13.2 Å². The van der Waals surface area contributed by atoms with Gasteiger partial charge in [0, 0.05) is 13.3 Å². The fourth-order valence-electron chi connectivity index (χ4n) is 1.83. The number of likely N-dealkylation sites (N-methyl/N-ethyl adjacent to an activating group) is 1. The van der Waals surface area contributed by atoms with Gasteiger partial charge in [-0.15, -0.1) is 0 Å². The Labute approximate surface area is 110 Å². The van der Waals surface area contributed by atoms with Crippen LogP contribution < -0.4 is 11.1 Å². The fourth-order valence-corrected chi connectivity index (χ4v) is 2.65. The highest BCUT2D eigenvalue weighted by atomic mass is 32.2. The number of amides is 1. The average Bonchev–Trinajstić information content (AvgIpc) is 2.64. The number of aromatic nitrogens is 2. The number of nitrogens with zero attached hydrogens (tertiary/aromatic N) is 2. The number of nitrogens with two attached hydrogens (primary N) is 1. The van der Waals surface area contributed by atoms with Gasteiger partial charge in [0.15, 0.2) is 9.84 Å². The summed E-state index contributed by atoms with van der Waals surface area (Å²) in [5.74, 6) is -0.134. The summed E-state index contributed by atoms with van der Waals surface area (Å²) in [6.07, 6.45) is 1.11. The van der Waals surface area contributed by atoms with E-state index >= 15 is 0 Å². The third kappa shape index (κ3) is 2.39. The van der Waals surface area contributed by atoms with E-state index in [1.807, 2.05) is 0 Å². The molecule has 0 fully saturated rings. The van der Waals surface area contributed by atoms with E-state index < -0.39 is 9.84 Å². The predicted molar refractivity (Wildman–Crippen MR) is 71.3 cm³/mol. The van der Waals surface area contributed by atoms with Gasteiger partial charge in [0.25, 0.3) is 0 Å². The van der Waals surface area contributed by atoms with Gasteiger partial charge >= 0.3 is 0 Å². The topological polar surface area (TPSA) is 107 Å². The van der Waals surface area contributed by atoms with Crippen LogP contribution in [0.1, 0.15) is 0 Å². The lowest BCUT2D eigenvalue weighted by molar-refractivity contribution is -0.121. The van der Waals surface area contributed by atoms with Crippen molar-refractivity contribution in [2.75, 3.05) is 19.0 Å². The summed E-state index contributed by atoms with van der Waals surface area (Å²) in [4.78, 5) is 15.6. The third-order valence-corrected chi connectivity index (χ3v) is 3.88. The first-order valence-electron chi connectivity index (χ1n) is 5.50. The number of carbonyl (C=O) groups is 1. The highest BCUT2D eigenvalue weighted by molar-refractivity contribution is 7.91. The van der Waals surface area contributed by atoms with Crippen LogP contribution in [0.25, 0.3) is 11.0 Å². The highest BCUT2D eigenvalue weighted by Crippen LogP contribution is 2.24. The summed E-state index contributed by atoms with van der Waals surface area (Å²) in [5.41, 5.74) is 6.55. The zero-order valence-electron chi connectivity index (χ0n) is 10.5. The molecule has 1 amide bonds. The van der Waals surface area contributed by atoms with Crippen LogP contribution in [0.4, 0.5) is 5.95 Å². The van der Waals surface area contributed by atoms with Crippen molar-refractivity contribution in [3.05, 3.63) is 18.2 Å². The molecule has 2 rings (SSSR count). The van der Waals surface area contributed by atoms with Gasteiger partial charge < -0.3 is 15.6 Å². The van der Waals surface area contributed by atoms with Crippen molar-refractivity contribution in [3.8, 4) is 0 Å². The molecule has 8 heteroatoms. The Morgan fingerprint density at radius 3 is 2.74 bits per heavy atom. The van der Waals surface area contributed by atoms with Gasteiger partial charge in [-0.2, -0.15) is 0 Å². The van der Waals surface area contributed by atoms with Crippen LogP contribution >= 0.6 is 0 Å². The van der Waals surface area contributed by atoms with Crippen molar-refractivity contribution in [1.82, 2.24) is 14.9 Å². The van der Waals surface area contributed by atoms with Gasteiger partial charge in [0.05, 0.1) is 10.4 Å². The molecule has 1 heterocycles. The lowest BCUT2D eigenvalue weighted by Crippen LogP contribution is -2.24. The van der Waals surface area contributed by atoms with E-state index in [0.29, 0.717) is 5.52 Å². The normalized spacial score (nSPS) is 11.7. The summed E-state index contributed by atoms with van der Waals surface area (Å²) in [6, 6.07) is 4.74. The van der Waals surface area contributed by atoms with Gasteiger partial charge in [-0.3, -0.25) is 4.79 Å². The maximum Gasteiger partial charge on any atom is 0.239 e. The molecule has 0 saturated heterocycles. The van der Waals surface area contributed by atoms with Crippen LogP contribution in [0, 0.1) is 0 Å². The van der Waals surface area contributed by atoms with Gasteiger partial charge in [0.2, 0.25) is 11.9 Å². The average molecular weight is 282 g/mol. The van der Waals surface area contributed by atoms with Crippen LogP contribution in [-0.4, -0.2) is 37.2 Å². The molecule has 0 saturated carbocycles. The number of nitrogen functional groups attached to an aromatic ring is 1. The number of benzene rings is 1. The van der Waals surface area contributed by atoms with E-state index in [0.717, 1.165) is 6.26 Å². The quantitative estimate of drug-likeness (QED) is 0.808. The minimum atomic E-state index is -3.40. The number of nitrogens with one attached hydrogen (secondary N) is 1. The van der Waals surface area contributed by atoms with Crippen molar-refractivity contribution >= 4 is 32.7 Å². The number of hydrogen-bond acceptors (Lipinski definition) is 5. The molecule has 19 heavy (non-hydrogen) atoms. The van der Waals surface area contributed by atoms with Crippen molar-refractivity contribution in [1.29, 1.82) is 0 Å². The van der Waals surface area contributed by atoms with E-state index in [1.54, 1.807) is 12.1 Å². The minimum absolute atomic E-state index is 0.00789. The number of sulfone groups is 1. The molecule has 0 atom stereocenters. The van der Waals surface area contributed by atoms with Gasteiger partial charge in [-0.05, 0) is 12.1 Å². The summed E-state index contributed by atoms with van der Waals surface area (Å²) in [7, 11) is -1.89. The summed E-state index contributed by atoms with van der Waals surface area (Å²) < 4.78 is 24.8. The molecule has 0 aliphatic carbocycles. The van der Waals surface area contributed by atoms with Crippen molar-refractivity contribution < 1.29 is 13.2 Å². The molecule has 0 unspecified atom stereocenters. The Kier molecular flexibility index (Phi) is 3.19. The Hall–Kier alpha value is -2.09. The smallest absolute Gasteiger partial charge is 0.239 e. The van der Waals surface area contributed by atoms with Gasteiger partial charge in [0.1, 0.15) is 12.1 Å².